The molecule has 1 amide bonds. The molecule has 0 atom stereocenters. The van der Waals surface area contributed by atoms with Crippen LogP contribution >= 0.6 is 23.2 Å². The van der Waals surface area contributed by atoms with E-state index in [4.69, 9.17) is 28.0 Å². The number of nitrogens with zero attached hydrogens (tertiary/aromatic N) is 1. The van der Waals surface area contributed by atoms with Gasteiger partial charge in [-0.05, 0) is 48.7 Å². The van der Waals surface area contributed by atoms with Crippen LogP contribution in [0.2, 0.25) is 10.0 Å². The third-order valence-corrected chi connectivity index (χ3v) is 3.59. The van der Waals surface area contributed by atoms with Gasteiger partial charge >= 0.3 is 0 Å². The van der Waals surface area contributed by atoms with Crippen LogP contribution < -0.4 is 5.32 Å². The van der Waals surface area contributed by atoms with Crippen LogP contribution in [0.15, 0.2) is 41.6 Å². The first kappa shape index (κ1) is 17.3. The number of anilines is 1. The van der Waals surface area contributed by atoms with Crippen molar-refractivity contribution in [2.45, 2.75) is 13.8 Å². The fourth-order valence-corrected chi connectivity index (χ4v) is 2.49. The van der Waals surface area contributed by atoms with E-state index in [2.05, 4.69) is 10.5 Å². The van der Waals surface area contributed by atoms with Gasteiger partial charge in [-0.25, -0.2) is 0 Å². The molecule has 0 saturated carbocycles. The smallest absolute Gasteiger partial charge is 0.265 e. The maximum Gasteiger partial charge on any atom is 0.265 e. The lowest BCUT2D eigenvalue weighted by molar-refractivity contribution is -0.120. The van der Waals surface area contributed by atoms with Crippen molar-refractivity contribution in [3.8, 4) is 0 Å². The molecule has 0 radical (unpaired) electrons. The van der Waals surface area contributed by atoms with Gasteiger partial charge in [0, 0.05) is 5.02 Å². The van der Waals surface area contributed by atoms with Crippen molar-refractivity contribution in [1.29, 1.82) is 0 Å². The average Bonchev–Trinajstić information content (AvgIpc) is 2.49. The number of halogens is 2. The summed E-state index contributed by atoms with van der Waals surface area (Å²) >= 11 is 11.9. The molecule has 2 aromatic carbocycles. The summed E-state index contributed by atoms with van der Waals surface area (Å²) in [6.45, 7) is 3.63. The van der Waals surface area contributed by atoms with Crippen LogP contribution in [0.4, 0.5) is 5.69 Å². The number of carbonyl (C=O) groups is 1. The Morgan fingerprint density at radius 1 is 1.22 bits per heavy atom. The minimum atomic E-state index is -0.327. The van der Waals surface area contributed by atoms with Gasteiger partial charge < -0.3 is 10.2 Å². The first-order valence-corrected chi connectivity index (χ1v) is 7.69. The zero-order valence-electron chi connectivity index (χ0n) is 12.8. The van der Waals surface area contributed by atoms with Crippen LogP contribution in [0.1, 0.15) is 16.7 Å². The molecule has 0 aliphatic heterocycles. The SMILES string of the molecule is Cc1cc(C)c(NC(=O)CO/N=C/c2ccc(Cl)cc2)c(Cl)c1. The van der Waals surface area contributed by atoms with Crippen molar-refractivity contribution in [1.82, 2.24) is 0 Å². The van der Waals surface area contributed by atoms with Gasteiger partial charge in [0.2, 0.25) is 0 Å². The number of hydrogen-bond donors (Lipinski definition) is 1. The Kier molecular flexibility index (Phi) is 6.02. The summed E-state index contributed by atoms with van der Waals surface area (Å²) in [6, 6.07) is 10.8. The molecule has 0 heterocycles. The fraction of sp³-hybridized carbons (Fsp3) is 0.176. The summed E-state index contributed by atoms with van der Waals surface area (Å²) in [4.78, 5) is 16.9. The summed E-state index contributed by atoms with van der Waals surface area (Å²) in [7, 11) is 0. The van der Waals surface area contributed by atoms with Gasteiger partial charge in [-0.3, -0.25) is 4.79 Å². The molecule has 0 aliphatic rings. The first-order chi connectivity index (χ1) is 11.0. The number of amides is 1. The first-order valence-electron chi connectivity index (χ1n) is 6.93. The molecule has 0 spiro atoms. The predicted molar refractivity (Wildman–Crippen MR) is 94.6 cm³/mol. The molecule has 0 bridgehead atoms. The molecule has 23 heavy (non-hydrogen) atoms. The molecule has 4 nitrogen and oxygen atoms in total. The number of nitrogens with one attached hydrogen (secondary N) is 1. The average molecular weight is 351 g/mol. The van der Waals surface area contributed by atoms with E-state index >= 15 is 0 Å². The van der Waals surface area contributed by atoms with Crippen molar-refractivity contribution < 1.29 is 9.63 Å². The standard InChI is InChI=1S/C17H16Cl2N2O2/c1-11-7-12(2)17(15(19)8-11)21-16(22)10-23-20-9-13-3-5-14(18)6-4-13/h3-9H,10H2,1-2H3,(H,21,22)/b20-9+. The highest BCUT2D eigenvalue weighted by Crippen LogP contribution is 2.27. The van der Waals surface area contributed by atoms with E-state index in [1.165, 1.54) is 6.21 Å². The molecular weight excluding hydrogens is 335 g/mol. The molecule has 0 saturated heterocycles. The highest BCUT2D eigenvalue weighted by molar-refractivity contribution is 6.34. The molecular formula is C17H16Cl2N2O2. The summed E-state index contributed by atoms with van der Waals surface area (Å²) in [5.74, 6) is -0.327. The summed E-state index contributed by atoms with van der Waals surface area (Å²) in [5, 5.41) is 7.62. The Labute approximate surface area is 145 Å². The predicted octanol–water partition coefficient (Wildman–Crippen LogP) is 4.60. The lowest BCUT2D eigenvalue weighted by atomic mass is 10.1. The largest absolute Gasteiger partial charge is 0.386 e. The van der Waals surface area contributed by atoms with Crippen LogP contribution in [-0.2, 0) is 9.63 Å². The minimum absolute atomic E-state index is 0.201. The van der Waals surface area contributed by atoms with Crippen LogP contribution in [0, 0.1) is 13.8 Å². The second-order valence-electron chi connectivity index (χ2n) is 5.05. The van der Waals surface area contributed by atoms with Gasteiger partial charge in [-0.2, -0.15) is 0 Å². The van der Waals surface area contributed by atoms with Gasteiger partial charge in [0.25, 0.3) is 5.91 Å². The van der Waals surface area contributed by atoms with Gasteiger partial charge in [0.1, 0.15) is 0 Å². The van der Waals surface area contributed by atoms with Gasteiger partial charge in [-0.1, -0.05) is 46.6 Å². The molecule has 2 aromatic rings. The summed E-state index contributed by atoms with van der Waals surface area (Å²) in [6.07, 6.45) is 1.51. The van der Waals surface area contributed by atoms with E-state index in [1.807, 2.05) is 19.9 Å². The second-order valence-corrected chi connectivity index (χ2v) is 5.89. The van der Waals surface area contributed by atoms with Gasteiger partial charge in [-0.15, -0.1) is 0 Å². The number of carbonyl (C=O) groups excluding carboxylic acids is 1. The van der Waals surface area contributed by atoms with Crippen molar-refractivity contribution in [2.24, 2.45) is 5.16 Å². The van der Waals surface area contributed by atoms with E-state index in [-0.39, 0.29) is 12.5 Å². The number of rotatable bonds is 5. The van der Waals surface area contributed by atoms with E-state index in [0.717, 1.165) is 16.7 Å². The van der Waals surface area contributed by atoms with Crippen molar-refractivity contribution in [3.05, 3.63) is 63.1 Å². The molecule has 120 valence electrons. The molecule has 0 aliphatic carbocycles. The Bertz CT molecular complexity index is 705. The monoisotopic (exact) mass is 350 g/mol. The summed E-state index contributed by atoms with van der Waals surface area (Å²) < 4.78 is 0. The number of hydrogen-bond acceptors (Lipinski definition) is 3. The lowest BCUT2D eigenvalue weighted by Crippen LogP contribution is -2.18. The Balaban J connectivity index is 1.87. The molecule has 0 unspecified atom stereocenters. The van der Waals surface area contributed by atoms with Crippen LogP contribution in [0.25, 0.3) is 0 Å². The quantitative estimate of drug-likeness (QED) is 0.632. The summed E-state index contributed by atoms with van der Waals surface area (Å²) in [5.41, 5.74) is 3.35. The second kappa shape index (κ2) is 7.99. The van der Waals surface area contributed by atoms with E-state index < -0.39 is 0 Å². The molecule has 0 aromatic heterocycles. The minimum Gasteiger partial charge on any atom is -0.386 e. The van der Waals surface area contributed by atoms with Crippen molar-refractivity contribution >= 4 is 41.0 Å². The number of aryl methyl sites for hydroxylation is 2. The Hall–Kier alpha value is -2.04. The molecule has 2 rings (SSSR count). The third-order valence-electron chi connectivity index (χ3n) is 3.04. The van der Waals surface area contributed by atoms with Crippen LogP contribution in [0.5, 0.6) is 0 Å². The van der Waals surface area contributed by atoms with E-state index in [0.29, 0.717) is 15.7 Å². The normalized spacial score (nSPS) is 10.8. The van der Waals surface area contributed by atoms with Crippen molar-refractivity contribution in [2.75, 3.05) is 11.9 Å². The number of oxime groups is 1. The fourth-order valence-electron chi connectivity index (χ4n) is 1.99. The lowest BCUT2D eigenvalue weighted by Gasteiger charge is -2.10. The molecule has 1 N–H and O–H groups in total. The van der Waals surface area contributed by atoms with E-state index in [9.17, 15) is 4.79 Å². The Morgan fingerprint density at radius 3 is 2.57 bits per heavy atom. The molecule has 6 heteroatoms. The third kappa shape index (κ3) is 5.27. The Morgan fingerprint density at radius 2 is 1.91 bits per heavy atom. The number of benzene rings is 2. The maximum atomic E-state index is 11.9. The zero-order chi connectivity index (χ0) is 16.8. The van der Waals surface area contributed by atoms with Crippen LogP contribution in [0.3, 0.4) is 0 Å². The highest BCUT2D eigenvalue weighted by atomic mass is 35.5. The van der Waals surface area contributed by atoms with Gasteiger partial charge in [0.05, 0.1) is 16.9 Å². The topological polar surface area (TPSA) is 50.7 Å². The highest BCUT2D eigenvalue weighted by Gasteiger charge is 2.09. The van der Waals surface area contributed by atoms with E-state index in [1.54, 1.807) is 30.3 Å². The maximum absolute atomic E-state index is 11.9. The molecule has 0 fully saturated rings. The van der Waals surface area contributed by atoms with Crippen molar-refractivity contribution in [3.63, 3.8) is 0 Å². The van der Waals surface area contributed by atoms with Crippen LogP contribution in [-0.4, -0.2) is 18.7 Å². The zero-order valence-corrected chi connectivity index (χ0v) is 14.3. The van der Waals surface area contributed by atoms with Gasteiger partial charge in [0.15, 0.2) is 6.61 Å².